The molecule has 3 aromatic carbocycles. The topological polar surface area (TPSA) is 123 Å². The number of nitrogens with one attached hydrogen (secondary N) is 1. The lowest BCUT2D eigenvalue weighted by atomic mass is 9.94. The third-order valence-corrected chi connectivity index (χ3v) is 11.5. The summed E-state index contributed by atoms with van der Waals surface area (Å²) in [5.74, 6) is 1.37. The van der Waals surface area contributed by atoms with Crippen molar-refractivity contribution in [1.29, 1.82) is 0 Å². The molecule has 54 heavy (non-hydrogen) atoms. The van der Waals surface area contributed by atoms with Gasteiger partial charge in [0.1, 0.15) is 30.1 Å². The Balaban J connectivity index is 1.08. The number of ether oxygens (including phenoxy) is 3. The van der Waals surface area contributed by atoms with Gasteiger partial charge < -0.3 is 24.6 Å². The van der Waals surface area contributed by atoms with Gasteiger partial charge in [-0.15, -0.1) is 0 Å². The van der Waals surface area contributed by atoms with Crippen molar-refractivity contribution < 1.29 is 27.7 Å². The lowest BCUT2D eigenvalue weighted by molar-refractivity contribution is 0.167. The van der Waals surface area contributed by atoms with Crippen LogP contribution in [0.3, 0.4) is 0 Å². The van der Waals surface area contributed by atoms with Crippen LogP contribution < -0.4 is 19.5 Å². The predicted molar refractivity (Wildman–Crippen MR) is 210 cm³/mol. The summed E-state index contributed by atoms with van der Waals surface area (Å²) >= 11 is 13.9. The first-order chi connectivity index (χ1) is 26.1. The highest BCUT2D eigenvalue weighted by Gasteiger charge is 2.29. The number of fused-ring (bicyclic) bond motifs is 1. The Morgan fingerprint density at radius 2 is 1.72 bits per heavy atom. The molecule has 1 aliphatic carbocycles. The quantitative estimate of drug-likeness (QED) is 0.118. The summed E-state index contributed by atoms with van der Waals surface area (Å²) in [6.45, 7) is 3.45. The Labute approximate surface area is 326 Å². The first-order valence-electron chi connectivity index (χ1n) is 17.9. The second-order valence-electron chi connectivity index (χ2n) is 13.7. The molecule has 3 heterocycles. The van der Waals surface area contributed by atoms with E-state index < -0.39 is 9.84 Å². The van der Waals surface area contributed by atoms with Gasteiger partial charge in [-0.1, -0.05) is 71.7 Å². The van der Waals surface area contributed by atoms with E-state index in [-0.39, 0.29) is 29.6 Å². The Morgan fingerprint density at radius 1 is 0.944 bits per heavy atom. The average Bonchev–Trinajstić information content (AvgIpc) is 3.78. The van der Waals surface area contributed by atoms with Crippen LogP contribution in [0.25, 0.3) is 22.3 Å². The largest absolute Gasteiger partial charge is 0.492 e. The minimum absolute atomic E-state index is 0.0554. The molecule has 2 atom stereocenters. The summed E-state index contributed by atoms with van der Waals surface area (Å²) < 4.78 is 42.7. The zero-order chi connectivity index (χ0) is 37.8. The average molecular weight is 790 g/mol. The zero-order valence-electron chi connectivity index (χ0n) is 30.1. The monoisotopic (exact) mass is 788 g/mol. The van der Waals surface area contributed by atoms with Crippen LogP contribution in [0.15, 0.2) is 90.1 Å². The number of aliphatic hydroxyl groups excluding tert-OH is 1. The van der Waals surface area contributed by atoms with Crippen molar-refractivity contribution in [3.63, 3.8) is 0 Å². The van der Waals surface area contributed by atoms with Gasteiger partial charge in [0.15, 0.2) is 9.84 Å². The van der Waals surface area contributed by atoms with E-state index in [1.54, 1.807) is 18.3 Å². The number of sulfone groups is 1. The molecule has 0 saturated carbocycles. The van der Waals surface area contributed by atoms with Crippen molar-refractivity contribution in [1.82, 2.24) is 20.2 Å². The smallest absolute Gasteiger partial charge is 0.236 e. The summed E-state index contributed by atoms with van der Waals surface area (Å²) in [6.07, 6.45) is 5.80. The van der Waals surface area contributed by atoms with Crippen molar-refractivity contribution >= 4 is 33.0 Å². The molecular formula is C41H42Cl2N4O6S. The fourth-order valence-corrected chi connectivity index (χ4v) is 8.22. The molecule has 2 aliphatic rings. The molecule has 1 aliphatic heterocycles. The predicted octanol–water partition coefficient (Wildman–Crippen LogP) is 7.33. The van der Waals surface area contributed by atoms with E-state index >= 15 is 0 Å². The molecule has 13 heteroatoms. The van der Waals surface area contributed by atoms with Gasteiger partial charge in [0.05, 0.1) is 16.0 Å². The van der Waals surface area contributed by atoms with Crippen LogP contribution in [0.2, 0.25) is 10.0 Å². The fourth-order valence-electron chi connectivity index (χ4n) is 7.04. The van der Waals surface area contributed by atoms with Gasteiger partial charge in [-0.25, -0.2) is 8.42 Å². The second-order valence-corrected chi connectivity index (χ2v) is 16.5. The van der Waals surface area contributed by atoms with E-state index in [1.807, 2.05) is 55.6 Å². The number of hydrogen-bond acceptors (Lipinski definition) is 10. The summed E-state index contributed by atoms with van der Waals surface area (Å²) in [5.41, 5.74) is 7.43. The van der Waals surface area contributed by atoms with Gasteiger partial charge in [0.2, 0.25) is 11.8 Å². The maximum atomic E-state index is 12.0. The van der Waals surface area contributed by atoms with Crippen LogP contribution in [0.4, 0.5) is 0 Å². The first-order valence-corrected chi connectivity index (χ1v) is 20.5. The number of halogens is 2. The number of nitrogens with zero attached hydrogens (tertiary/aromatic N) is 3. The standard InChI is InChI=1S/C41H42Cl2N4O6S/c1-44-22-28-20-37(42)41(46-40(28)52-25-26-19-31(23-45-21-26)54(2,49)50)53-38-14-13-34-33(6-4-7-35(34)38)36-8-3-5-32(39(36)43)27-9-11-30(12-10-27)51-18-17-47-16-15-29(48)24-47/h3-12,19-21,23,29,38,44,48H,13-18,22,24-25H2,1-2H3/t29-,38+/m1/s1. The molecule has 2 aromatic heterocycles. The number of aromatic nitrogens is 2. The molecule has 0 amide bonds. The van der Waals surface area contributed by atoms with Crippen molar-refractivity contribution in [2.45, 2.75) is 49.5 Å². The molecule has 0 spiro atoms. The maximum Gasteiger partial charge on any atom is 0.236 e. The lowest BCUT2D eigenvalue weighted by Gasteiger charge is -2.19. The molecule has 1 fully saturated rings. The maximum absolute atomic E-state index is 12.0. The summed E-state index contributed by atoms with van der Waals surface area (Å²) in [7, 11) is -1.61. The number of aliphatic hydroxyl groups is 1. The van der Waals surface area contributed by atoms with E-state index in [9.17, 15) is 13.5 Å². The molecule has 7 rings (SSSR count). The Hall–Kier alpha value is -4.23. The van der Waals surface area contributed by atoms with Crippen molar-refractivity contribution in [2.75, 3.05) is 39.5 Å². The van der Waals surface area contributed by atoms with E-state index in [0.717, 1.165) is 83.3 Å². The molecule has 282 valence electrons. The van der Waals surface area contributed by atoms with Gasteiger partial charge >= 0.3 is 0 Å². The SMILES string of the molecule is CNCc1cc(Cl)c(O[C@H]2CCc3c(-c4cccc(-c5ccc(OCCN6CC[C@@H](O)C6)cc5)c4Cl)cccc32)nc1OCc1cncc(S(C)(=O)=O)c1. The van der Waals surface area contributed by atoms with Crippen molar-refractivity contribution in [2.24, 2.45) is 0 Å². The van der Waals surface area contributed by atoms with Gasteiger partial charge in [-0.3, -0.25) is 9.88 Å². The van der Waals surface area contributed by atoms with Crippen LogP contribution in [-0.2, 0) is 29.4 Å². The first kappa shape index (κ1) is 38.1. The van der Waals surface area contributed by atoms with E-state index in [0.29, 0.717) is 41.2 Å². The van der Waals surface area contributed by atoms with Crippen LogP contribution in [0.5, 0.6) is 17.5 Å². The molecular weight excluding hydrogens is 747 g/mol. The lowest BCUT2D eigenvalue weighted by Crippen LogP contribution is -2.27. The third kappa shape index (κ3) is 8.67. The highest BCUT2D eigenvalue weighted by Crippen LogP contribution is 2.45. The van der Waals surface area contributed by atoms with Gasteiger partial charge in [-0.2, -0.15) is 4.98 Å². The van der Waals surface area contributed by atoms with Crippen LogP contribution in [0.1, 0.15) is 41.2 Å². The van der Waals surface area contributed by atoms with Crippen LogP contribution in [0, 0.1) is 0 Å². The molecule has 2 N–H and O–H groups in total. The molecule has 0 bridgehead atoms. The number of rotatable bonds is 14. The van der Waals surface area contributed by atoms with Crippen LogP contribution >= 0.6 is 23.2 Å². The number of pyridine rings is 2. The third-order valence-electron chi connectivity index (χ3n) is 9.77. The molecule has 5 aromatic rings. The Bertz CT molecular complexity index is 2240. The fraction of sp³-hybridized carbons (Fsp3) is 0.317. The van der Waals surface area contributed by atoms with Gasteiger partial charge in [-0.05, 0) is 72.8 Å². The van der Waals surface area contributed by atoms with Crippen molar-refractivity contribution in [3.05, 3.63) is 117 Å². The second kappa shape index (κ2) is 16.6. The summed E-state index contributed by atoms with van der Waals surface area (Å²) in [5, 5.41) is 13.9. The highest BCUT2D eigenvalue weighted by atomic mass is 35.5. The number of hydrogen-bond donors (Lipinski definition) is 2. The minimum atomic E-state index is -3.42. The molecule has 10 nitrogen and oxygen atoms in total. The summed E-state index contributed by atoms with van der Waals surface area (Å²) in [6, 6.07) is 23.6. The minimum Gasteiger partial charge on any atom is -0.492 e. The highest BCUT2D eigenvalue weighted by molar-refractivity contribution is 7.90. The Morgan fingerprint density at radius 3 is 2.48 bits per heavy atom. The van der Waals surface area contributed by atoms with E-state index in [4.69, 9.17) is 42.4 Å². The van der Waals surface area contributed by atoms with Gasteiger partial charge in [0.25, 0.3) is 0 Å². The van der Waals surface area contributed by atoms with E-state index in [1.165, 1.54) is 6.20 Å². The van der Waals surface area contributed by atoms with Crippen LogP contribution in [-0.4, -0.2) is 74.0 Å². The normalized spacial score (nSPS) is 17.1. The zero-order valence-corrected chi connectivity index (χ0v) is 32.4. The molecule has 0 radical (unpaired) electrons. The molecule has 1 saturated heterocycles. The van der Waals surface area contributed by atoms with Crippen molar-refractivity contribution in [3.8, 4) is 39.8 Å². The van der Waals surface area contributed by atoms with Gasteiger partial charge in [0, 0.05) is 67.1 Å². The number of β-amino-alcohol motifs (C(OH)–C–C–N with tert-alkyl or cyclic N) is 1. The number of likely N-dealkylation sites (tertiary alicyclic amines) is 1. The molecule has 0 unspecified atom stereocenters. The number of benzene rings is 3. The summed E-state index contributed by atoms with van der Waals surface area (Å²) in [4.78, 5) is 11.1. The Kier molecular flexibility index (Phi) is 11.7. The van der Waals surface area contributed by atoms with E-state index in [2.05, 4.69) is 27.3 Å².